The summed E-state index contributed by atoms with van der Waals surface area (Å²) >= 11 is 0. The van der Waals surface area contributed by atoms with Crippen LogP contribution in [0.3, 0.4) is 0 Å². The van der Waals surface area contributed by atoms with Crippen LogP contribution in [0.15, 0.2) is 30.3 Å². The Bertz CT molecular complexity index is 427. The van der Waals surface area contributed by atoms with E-state index in [0.717, 1.165) is 31.2 Å². The van der Waals surface area contributed by atoms with Crippen molar-refractivity contribution < 1.29 is 9.90 Å². The van der Waals surface area contributed by atoms with E-state index < -0.39 is 5.60 Å². The Kier molecular flexibility index (Phi) is 5.15. The number of amides is 1. The van der Waals surface area contributed by atoms with Gasteiger partial charge in [0.2, 0.25) is 5.91 Å². The van der Waals surface area contributed by atoms with E-state index in [1.165, 1.54) is 0 Å². The highest BCUT2D eigenvalue weighted by Gasteiger charge is 2.33. The molecule has 1 fully saturated rings. The lowest BCUT2D eigenvalue weighted by Crippen LogP contribution is -2.44. The van der Waals surface area contributed by atoms with Gasteiger partial charge in [0.25, 0.3) is 0 Å². The largest absolute Gasteiger partial charge is 0.389 e. The SMILES string of the molecule is CNC(=O)CN(Cc1ccccc1)CC1(O)CCCC1. The van der Waals surface area contributed by atoms with E-state index in [2.05, 4.69) is 17.4 Å². The molecule has 0 unspecified atom stereocenters. The van der Waals surface area contributed by atoms with Crippen molar-refractivity contribution in [2.45, 2.75) is 37.8 Å². The summed E-state index contributed by atoms with van der Waals surface area (Å²) in [5.74, 6) is -0.0115. The number of benzene rings is 1. The lowest BCUT2D eigenvalue weighted by Gasteiger charge is -2.31. The van der Waals surface area contributed by atoms with Gasteiger partial charge in [0.1, 0.15) is 0 Å². The fourth-order valence-electron chi connectivity index (χ4n) is 2.90. The van der Waals surface area contributed by atoms with Crippen LogP contribution < -0.4 is 5.32 Å². The molecule has 0 bridgehead atoms. The second-order valence-electron chi connectivity index (χ2n) is 5.74. The number of hydrogen-bond donors (Lipinski definition) is 2. The zero-order valence-electron chi connectivity index (χ0n) is 12.1. The monoisotopic (exact) mass is 276 g/mol. The zero-order chi connectivity index (χ0) is 14.4. The minimum atomic E-state index is -0.622. The molecule has 1 aliphatic carbocycles. The van der Waals surface area contributed by atoms with E-state index in [0.29, 0.717) is 19.6 Å². The van der Waals surface area contributed by atoms with Crippen LogP contribution in [-0.2, 0) is 11.3 Å². The van der Waals surface area contributed by atoms with E-state index in [9.17, 15) is 9.90 Å². The molecule has 2 rings (SSSR count). The zero-order valence-corrected chi connectivity index (χ0v) is 12.1. The lowest BCUT2D eigenvalue weighted by molar-refractivity contribution is -0.122. The minimum absolute atomic E-state index is 0.0115. The minimum Gasteiger partial charge on any atom is -0.389 e. The Hall–Kier alpha value is -1.39. The second kappa shape index (κ2) is 6.86. The molecule has 1 aromatic rings. The first-order valence-corrected chi connectivity index (χ1v) is 7.30. The third-order valence-corrected chi connectivity index (χ3v) is 3.95. The molecule has 20 heavy (non-hydrogen) atoms. The van der Waals surface area contributed by atoms with Gasteiger partial charge >= 0.3 is 0 Å². The molecule has 110 valence electrons. The van der Waals surface area contributed by atoms with Crippen molar-refractivity contribution in [2.75, 3.05) is 20.1 Å². The molecule has 4 heteroatoms. The van der Waals surface area contributed by atoms with Crippen LogP contribution in [0.2, 0.25) is 0 Å². The molecule has 0 atom stereocenters. The number of aliphatic hydroxyl groups is 1. The summed E-state index contributed by atoms with van der Waals surface area (Å²) in [7, 11) is 1.65. The van der Waals surface area contributed by atoms with Crippen molar-refractivity contribution in [3.05, 3.63) is 35.9 Å². The summed E-state index contributed by atoms with van der Waals surface area (Å²) in [5, 5.41) is 13.2. The van der Waals surface area contributed by atoms with E-state index in [1.807, 2.05) is 23.1 Å². The van der Waals surface area contributed by atoms with Crippen molar-refractivity contribution in [1.82, 2.24) is 10.2 Å². The summed E-state index contributed by atoms with van der Waals surface area (Å²) in [5.41, 5.74) is 0.543. The number of nitrogens with zero attached hydrogens (tertiary/aromatic N) is 1. The first kappa shape index (κ1) is 15.0. The molecule has 2 N–H and O–H groups in total. The predicted octanol–water partition coefficient (Wildman–Crippen LogP) is 1.54. The maximum absolute atomic E-state index is 11.7. The maximum atomic E-state index is 11.7. The number of hydrogen-bond acceptors (Lipinski definition) is 3. The fourth-order valence-corrected chi connectivity index (χ4v) is 2.90. The summed E-state index contributed by atoms with van der Waals surface area (Å²) in [6.07, 6.45) is 3.84. The summed E-state index contributed by atoms with van der Waals surface area (Å²) < 4.78 is 0. The van der Waals surface area contributed by atoms with Gasteiger partial charge in [0.05, 0.1) is 12.1 Å². The van der Waals surface area contributed by atoms with Gasteiger partial charge in [-0.2, -0.15) is 0 Å². The molecule has 1 amide bonds. The molecule has 0 radical (unpaired) electrons. The molecule has 0 saturated heterocycles. The highest BCUT2D eigenvalue weighted by Crippen LogP contribution is 2.30. The highest BCUT2D eigenvalue weighted by molar-refractivity contribution is 5.77. The highest BCUT2D eigenvalue weighted by atomic mass is 16.3. The quantitative estimate of drug-likeness (QED) is 0.828. The fraction of sp³-hybridized carbons (Fsp3) is 0.562. The molecule has 1 saturated carbocycles. The van der Waals surface area contributed by atoms with E-state index in [4.69, 9.17) is 0 Å². The topological polar surface area (TPSA) is 52.6 Å². The van der Waals surface area contributed by atoms with Crippen molar-refractivity contribution in [3.8, 4) is 0 Å². The summed E-state index contributed by atoms with van der Waals surface area (Å²) in [4.78, 5) is 13.7. The Labute approximate surface area is 120 Å². The molecule has 0 aliphatic heterocycles. The van der Waals surface area contributed by atoms with E-state index in [1.54, 1.807) is 7.05 Å². The first-order valence-electron chi connectivity index (χ1n) is 7.30. The molecule has 4 nitrogen and oxygen atoms in total. The number of nitrogens with one attached hydrogen (secondary N) is 1. The van der Waals surface area contributed by atoms with Crippen LogP contribution in [0, 0.1) is 0 Å². The number of carbonyl (C=O) groups is 1. The normalized spacial score (nSPS) is 17.4. The van der Waals surface area contributed by atoms with Gasteiger partial charge in [-0.05, 0) is 18.4 Å². The van der Waals surface area contributed by atoms with Crippen LogP contribution in [0.1, 0.15) is 31.2 Å². The molecular formula is C16H24N2O2. The van der Waals surface area contributed by atoms with Crippen LogP contribution in [0.4, 0.5) is 0 Å². The van der Waals surface area contributed by atoms with Gasteiger partial charge in [-0.25, -0.2) is 0 Å². The van der Waals surface area contributed by atoms with Gasteiger partial charge in [-0.3, -0.25) is 9.69 Å². The van der Waals surface area contributed by atoms with Crippen molar-refractivity contribution >= 4 is 5.91 Å². The Morgan fingerprint density at radius 1 is 1.30 bits per heavy atom. The molecule has 1 aliphatic rings. The number of rotatable bonds is 6. The van der Waals surface area contributed by atoms with Crippen molar-refractivity contribution in [1.29, 1.82) is 0 Å². The van der Waals surface area contributed by atoms with Gasteiger partial charge in [-0.15, -0.1) is 0 Å². The standard InChI is InChI=1S/C16H24N2O2/c1-17-15(19)12-18(11-14-7-3-2-4-8-14)13-16(20)9-5-6-10-16/h2-4,7-8,20H,5-6,9-13H2,1H3,(H,17,19). The number of carbonyl (C=O) groups excluding carboxylic acids is 1. The van der Waals surface area contributed by atoms with Crippen LogP contribution in [0.5, 0.6) is 0 Å². The number of likely N-dealkylation sites (N-methyl/N-ethyl adjacent to an activating group) is 1. The van der Waals surface area contributed by atoms with Gasteiger partial charge in [-0.1, -0.05) is 43.2 Å². The van der Waals surface area contributed by atoms with E-state index in [-0.39, 0.29) is 5.91 Å². The van der Waals surface area contributed by atoms with E-state index >= 15 is 0 Å². The Morgan fingerprint density at radius 3 is 2.55 bits per heavy atom. The molecule has 0 aromatic heterocycles. The predicted molar refractivity (Wildman–Crippen MR) is 79.2 cm³/mol. The first-order chi connectivity index (χ1) is 9.61. The van der Waals surface area contributed by atoms with Crippen molar-refractivity contribution in [2.24, 2.45) is 0 Å². The maximum Gasteiger partial charge on any atom is 0.233 e. The van der Waals surface area contributed by atoms with Crippen LogP contribution in [0.25, 0.3) is 0 Å². The van der Waals surface area contributed by atoms with Crippen molar-refractivity contribution in [3.63, 3.8) is 0 Å². The Balaban J connectivity index is 2.02. The smallest absolute Gasteiger partial charge is 0.233 e. The van der Waals surface area contributed by atoms with Crippen LogP contribution >= 0.6 is 0 Å². The summed E-state index contributed by atoms with van der Waals surface area (Å²) in [6.45, 7) is 1.58. The van der Waals surface area contributed by atoms with Gasteiger partial charge in [0, 0.05) is 20.1 Å². The van der Waals surface area contributed by atoms with Gasteiger partial charge < -0.3 is 10.4 Å². The lowest BCUT2D eigenvalue weighted by atomic mass is 10.0. The second-order valence-corrected chi connectivity index (χ2v) is 5.74. The third kappa shape index (κ3) is 4.32. The van der Waals surface area contributed by atoms with Gasteiger partial charge in [0.15, 0.2) is 0 Å². The Morgan fingerprint density at radius 2 is 1.95 bits per heavy atom. The summed E-state index contributed by atoms with van der Waals surface area (Å²) in [6, 6.07) is 10.1. The molecule has 0 spiro atoms. The molecule has 0 heterocycles. The molecule has 1 aromatic carbocycles. The average Bonchev–Trinajstić information content (AvgIpc) is 2.86. The van der Waals surface area contributed by atoms with Crippen LogP contribution in [-0.4, -0.2) is 41.7 Å². The average molecular weight is 276 g/mol. The third-order valence-electron chi connectivity index (χ3n) is 3.95. The molecular weight excluding hydrogens is 252 g/mol.